The van der Waals surface area contributed by atoms with Gasteiger partial charge in [0, 0.05) is 17.5 Å². The molecule has 0 bridgehead atoms. The van der Waals surface area contributed by atoms with Crippen LogP contribution in [0.15, 0.2) is 12.1 Å². The molecular weight excluding hydrogens is 649 g/mol. The Balaban J connectivity index is 0. The van der Waals surface area contributed by atoms with Gasteiger partial charge in [-0.05, 0) is 131 Å². The van der Waals surface area contributed by atoms with Gasteiger partial charge >= 0.3 is 11.9 Å². The molecule has 1 aromatic carbocycles. The number of likely N-dealkylation sites (tertiary alicyclic amines) is 2. The van der Waals surface area contributed by atoms with Crippen LogP contribution in [0.2, 0.25) is 0 Å². The monoisotopic (exact) mass is 735 g/mol. The first-order chi connectivity index (χ1) is 23.1. The predicted molar refractivity (Wildman–Crippen MR) is 224 cm³/mol. The lowest BCUT2D eigenvalue weighted by Crippen LogP contribution is -2.55. The third kappa shape index (κ3) is 16.5. The average molecular weight is 735 g/mol. The highest BCUT2D eigenvalue weighted by atomic mass is 16.4. The van der Waals surface area contributed by atoms with Crippen molar-refractivity contribution >= 4 is 11.9 Å². The summed E-state index contributed by atoms with van der Waals surface area (Å²) in [6, 6.07) is 3.90. The third-order valence-corrected chi connectivity index (χ3v) is 11.9. The number of carboxylic acids is 2. The first-order valence-electron chi connectivity index (χ1n) is 19.8. The SMILES string of the molecule is CC(C)C.CC(Cc1cc(C(C)(C)C)c(O)c(C(C)(C)C)c1)C(=O)O.CCC(=O)O.CN1CCCC(C)(C)C1(C)C.CN1CCCC(C)(C)C1(C)C. The molecule has 1 atom stereocenters. The number of nitrogens with zero attached hydrogens (tertiary/aromatic N) is 2. The number of piperidine rings is 2. The largest absolute Gasteiger partial charge is 0.507 e. The average Bonchev–Trinajstić information content (AvgIpc) is 2.95. The first kappa shape index (κ1) is 52.0. The zero-order chi connectivity index (χ0) is 41.8. The topological polar surface area (TPSA) is 101 Å². The van der Waals surface area contributed by atoms with E-state index in [0.717, 1.165) is 22.6 Å². The van der Waals surface area contributed by atoms with E-state index in [2.05, 4.69) is 142 Å². The lowest BCUT2D eigenvalue weighted by molar-refractivity contribution is -0.141. The van der Waals surface area contributed by atoms with Gasteiger partial charge in [-0.25, -0.2) is 0 Å². The molecule has 7 nitrogen and oxygen atoms in total. The number of phenols is 1. The number of aromatic hydroxyl groups is 1. The smallest absolute Gasteiger partial charge is 0.306 e. The number of benzene rings is 1. The Morgan fingerprint density at radius 3 is 1.19 bits per heavy atom. The first-order valence-corrected chi connectivity index (χ1v) is 19.8. The van der Waals surface area contributed by atoms with Gasteiger partial charge in [-0.3, -0.25) is 9.59 Å². The van der Waals surface area contributed by atoms with Crippen molar-refractivity contribution in [2.75, 3.05) is 27.2 Å². The van der Waals surface area contributed by atoms with Crippen molar-refractivity contribution in [3.63, 3.8) is 0 Å². The molecule has 2 heterocycles. The zero-order valence-electron chi connectivity index (χ0n) is 38.0. The predicted octanol–water partition coefficient (Wildman–Crippen LogP) is 11.4. The van der Waals surface area contributed by atoms with Crippen molar-refractivity contribution in [3.05, 3.63) is 28.8 Å². The maximum absolute atomic E-state index is 11.1. The second-order valence-electron chi connectivity index (χ2n) is 20.4. The Labute approximate surface area is 322 Å². The van der Waals surface area contributed by atoms with Gasteiger partial charge < -0.3 is 25.1 Å². The maximum Gasteiger partial charge on any atom is 0.306 e. The maximum atomic E-state index is 11.1. The molecule has 3 N–H and O–H groups in total. The molecule has 0 saturated carbocycles. The van der Waals surface area contributed by atoms with E-state index in [1.54, 1.807) is 13.8 Å². The number of aliphatic carboxylic acids is 2. The quantitative estimate of drug-likeness (QED) is 0.283. The Hall–Kier alpha value is -2.12. The van der Waals surface area contributed by atoms with Crippen LogP contribution < -0.4 is 0 Å². The fraction of sp³-hybridized carbons (Fsp3) is 0.822. The van der Waals surface area contributed by atoms with Gasteiger partial charge in [-0.1, -0.05) is 116 Å². The van der Waals surface area contributed by atoms with Gasteiger partial charge in [0.25, 0.3) is 0 Å². The van der Waals surface area contributed by atoms with Gasteiger partial charge in [0.05, 0.1) is 5.92 Å². The minimum Gasteiger partial charge on any atom is -0.507 e. The molecule has 7 heteroatoms. The number of phenolic OH excluding ortho intramolecular Hbond substituents is 1. The minimum atomic E-state index is -0.794. The Bertz CT molecular complexity index is 1160. The molecule has 2 fully saturated rings. The van der Waals surface area contributed by atoms with Crippen molar-refractivity contribution in [3.8, 4) is 5.75 Å². The van der Waals surface area contributed by atoms with Crippen molar-refractivity contribution in [2.24, 2.45) is 22.7 Å². The van der Waals surface area contributed by atoms with Crippen LogP contribution in [-0.2, 0) is 26.8 Å². The Morgan fingerprint density at radius 1 is 0.712 bits per heavy atom. The van der Waals surface area contributed by atoms with Crippen molar-refractivity contribution in [1.29, 1.82) is 0 Å². The Morgan fingerprint density at radius 2 is 1.00 bits per heavy atom. The van der Waals surface area contributed by atoms with Crippen LogP contribution in [0, 0.1) is 22.7 Å². The molecule has 2 aliphatic rings. The fourth-order valence-electron chi connectivity index (χ4n) is 6.12. The lowest BCUT2D eigenvalue weighted by Gasteiger charge is -2.52. The molecule has 306 valence electrons. The summed E-state index contributed by atoms with van der Waals surface area (Å²) < 4.78 is 0. The van der Waals surface area contributed by atoms with E-state index in [1.807, 2.05) is 12.1 Å². The van der Waals surface area contributed by atoms with Crippen LogP contribution in [0.25, 0.3) is 0 Å². The molecule has 3 rings (SSSR count). The van der Waals surface area contributed by atoms with E-state index >= 15 is 0 Å². The summed E-state index contributed by atoms with van der Waals surface area (Å²) >= 11 is 0. The van der Waals surface area contributed by atoms with Crippen LogP contribution in [-0.4, -0.2) is 75.3 Å². The van der Waals surface area contributed by atoms with E-state index in [1.165, 1.54) is 38.8 Å². The number of hydrogen-bond acceptors (Lipinski definition) is 5. The van der Waals surface area contributed by atoms with E-state index < -0.39 is 17.9 Å². The molecule has 2 aliphatic heterocycles. The third-order valence-electron chi connectivity index (χ3n) is 11.9. The summed E-state index contributed by atoms with van der Waals surface area (Å²) in [7, 11) is 4.47. The van der Waals surface area contributed by atoms with Gasteiger partial charge in [0.1, 0.15) is 5.75 Å². The molecule has 0 radical (unpaired) electrons. The number of carbonyl (C=O) groups is 2. The normalized spacial score (nSPS) is 19.9. The summed E-state index contributed by atoms with van der Waals surface area (Å²) in [6.45, 7) is 43.6. The fourth-order valence-corrected chi connectivity index (χ4v) is 6.12. The van der Waals surface area contributed by atoms with E-state index in [9.17, 15) is 14.7 Å². The Kier molecular flexibility index (Phi) is 20.5. The van der Waals surface area contributed by atoms with Crippen LogP contribution in [0.4, 0.5) is 0 Å². The molecular formula is C45H86N2O5. The van der Waals surface area contributed by atoms with E-state index in [-0.39, 0.29) is 17.3 Å². The highest BCUT2D eigenvalue weighted by molar-refractivity contribution is 5.70. The van der Waals surface area contributed by atoms with Crippen molar-refractivity contribution < 1.29 is 24.9 Å². The molecule has 2 saturated heterocycles. The second-order valence-corrected chi connectivity index (χ2v) is 20.4. The minimum absolute atomic E-state index is 0.188. The van der Waals surface area contributed by atoms with Crippen LogP contribution in [0.3, 0.4) is 0 Å². The molecule has 0 aliphatic carbocycles. The summed E-state index contributed by atoms with van der Waals surface area (Å²) in [5.41, 5.74) is 4.03. The summed E-state index contributed by atoms with van der Waals surface area (Å²) in [6.07, 6.45) is 6.14. The molecule has 0 aromatic heterocycles. The van der Waals surface area contributed by atoms with Crippen LogP contribution in [0.5, 0.6) is 5.75 Å². The standard InChI is InChI=1S/C18H28O3.2C10H21N.C4H10.C3H6O2/c1-11(16(20)21)8-12-9-13(17(2,3)4)15(19)14(10-12)18(5,6)7;2*1-9(2)7-6-8-11(5)10(9,3)4;1-4(2)3;1-2-3(4)5/h9-11,19H,8H2,1-7H3,(H,20,21);2*6-8H2,1-5H3;4H,1-3H3;2H2,1H3,(H,4,5). The molecule has 1 aromatic rings. The molecule has 0 amide bonds. The molecule has 52 heavy (non-hydrogen) atoms. The summed E-state index contributed by atoms with van der Waals surface area (Å²) in [5, 5.41) is 27.4. The van der Waals surface area contributed by atoms with Gasteiger partial charge in [-0.15, -0.1) is 0 Å². The zero-order valence-corrected chi connectivity index (χ0v) is 38.0. The number of carboxylic acid groups (broad SMARTS) is 2. The highest BCUT2D eigenvalue weighted by Crippen LogP contribution is 2.43. The van der Waals surface area contributed by atoms with Crippen molar-refractivity contribution in [2.45, 2.75) is 192 Å². The van der Waals surface area contributed by atoms with Crippen LogP contribution in [0.1, 0.15) is 180 Å². The summed E-state index contributed by atoms with van der Waals surface area (Å²) in [5.74, 6) is -0.806. The molecule has 1 unspecified atom stereocenters. The van der Waals surface area contributed by atoms with Crippen molar-refractivity contribution in [1.82, 2.24) is 9.80 Å². The molecule has 0 spiro atoms. The van der Waals surface area contributed by atoms with Crippen LogP contribution >= 0.6 is 0 Å². The number of rotatable bonds is 4. The van der Waals surface area contributed by atoms with E-state index in [4.69, 9.17) is 10.2 Å². The second kappa shape index (κ2) is 20.5. The van der Waals surface area contributed by atoms with Gasteiger partial charge in [0.2, 0.25) is 0 Å². The van der Waals surface area contributed by atoms with Gasteiger partial charge in [-0.2, -0.15) is 0 Å². The number of hydrogen-bond donors (Lipinski definition) is 3. The summed E-state index contributed by atoms with van der Waals surface area (Å²) in [4.78, 5) is 25.4. The van der Waals surface area contributed by atoms with Gasteiger partial charge in [0.15, 0.2) is 0 Å². The highest BCUT2D eigenvalue weighted by Gasteiger charge is 2.43. The lowest BCUT2D eigenvalue weighted by atomic mass is 9.68. The van der Waals surface area contributed by atoms with E-state index in [0.29, 0.717) is 34.1 Å².